The molecule has 0 fully saturated rings. The van der Waals surface area contributed by atoms with Crippen molar-refractivity contribution in [2.75, 3.05) is 0 Å². The van der Waals surface area contributed by atoms with Gasteiger partial charge < -0.3 is 0 Å². The minimum absolute atomic E-state index is 0.0306. The summed E-state index contributed by atoms with van der Waals surface area (Å²) in [5.41, 5.74) is -0.506. The summed E-state index contributed by atoms with van der Waals surface area (Å²) in [5, 5.41) is 27.3. The van der Waals surface area contributed by atoms with Crippen LogP contribution in [-0.2, 0) is 0 Å². The molecule has 0 N–H and O–H groups in total. The van der Waals surface area contributed by atoms with Gasteiger partial charge in [-0.05, 0) is 6.07 Å². The largest absolute Gasteiger partial charge is 0.289 e. The van der Waals surface area contributed by atoms with E-state index in [0.717, 1.165) is 6.07 Å². The van der Waals surface area contributed by atoms with E-state index in [0.29, 0.717) is 0 Å². The van der Waals surface area contributed by atoms with Crippen molar-refractivity contribution < 1.29 is 4.92 Å². The summed E-state index contributed by atoms with van der Waals surface area (Å²) in [6, 6.07) is 5.67. The number of hydrogen-bond acceptors (Lipinski definition) is 4. The lowest BCUT2D eigenvalue weighted by Crippen LogP contribution is -1.93. The third-order valence-corrected chi connectivity index (χ3v) is 1.93. The lowest BCUT2D eigenvalue weighted by molar-refractivity contribution is -0.384. The van der Waals surface area contributed by atoms with Crippen LogP contribution in [0.3, 0.4) is 0 Å². The second-order valence-corrected chi connectivity index (χ2v) is 2.68. The van der Waals surface area contributed by atoms with Gasteiger partial charge in [0.1, 0.15) is 17.2 Å². The molecule has 0 aliphatic rings. The molecule has 0 amide bonds. The van der Waals surface area contributed by atoms with Crippen LogP contribution in [0.15, 0.2) is 12.1 Å². The van der Waals surface area contributed by atoms with E-state index in [-0.39, 0.29) is 21.8 Å². The number of hydrogen-bond donors (Lipinski definition) is 0. The predicted octanol–water partition coefficient (Wildman–Crippen LogP) is 1.99. The molecule has 0 saturated heterocycles. The maximum Gasteiger partial charge on any atom is 0.289 e. The van der Waals surface area contributed by atoms with Gasteiger partial charge in [-0.3, -0.25) is 10.1 Å². The summed E-state index contributed by atoms with van der Waals surface area (Å²) < 4.78 is 0. The summed E-state index contributed by atoms with van der Waals surface area (Å²) in [4.78, 5) is 9.71. The zero-order valence-electron chi connectivity index (χ0n) is 6.69. The average molecular weight is 208 g/mol. The first-order chi connectivity index (χ1) is 6.61. The van der Waals surface area contributed by atoms with Crippen LogP contribution in [-0.4, -0.2) is 4.92 Å². The molecule has 0 aliphatic heterocycles. The third kappa shape index (κ3) is 1.49. The third-order valence-electron chi connectivity index (χ3n) is 1.55. The van der Waals surface area contributed by atoms with Gasteiger partial charge in [0.2, 0.25) is 0 Å². The maximum absolute atomic E-state index is 10.4. The Balaban J connectivity index is 3.55. The molecule has 0 aliphatic carbocycles. The molecule has 14 heavy (non-hydrogen) atoms. The van der Waals surface area contributed by atoms with Crippen molar-refractivity contribution in [2.24, 2.45) is 0 Å². The number of nitro groups is 1. The molecule has 0 bridgehead atoms. The van der Waals surface area contributed by atoms with Crippen LogP contribution in [0.5, 0.6) is 0 Å². The van der Waals surface area contributed by atoms with Crippen LogP contribution >= 0.6 is 11.6 Å². The van der Waals surface area contributed by atoms with E-state index in [1.54, 1.807) is 12.1 Å². The van der Waals surface area contributed by atoms with E-state index in [2.05, 4.69) is 0 Å². The van der Waals surface area contributed by atoms with Gasteiger partial charge in [-0.1, -0.05) is 11.6 Å². The number of rotatable bonds is 1. The topological polar surface area (TPSA) is 90.7 Å². The summed E-state index contributed by atoms with van der Waals surface area (Å²) in [7, 11) is 0. The summed E-state index contributed by atoms with van der Waals surface area (Å²) in [6.07, 6.45) is 0. The Morgan fingerprint density at radius 2 is 2.00 bits per heavy atom. The smallest absolute Gasteiger partial charge is 0.258 e. The lowest BCUT2D eigenvalue weighted by Gasteiger charge is -1.98. The molecule has 0 radical (unpaired) electrons. The Bertz CT molecular complexity index is 485. The highest BCUT2D eigenvalue weighted by Gasteiger charge is 2.18. The van der Waals surface area contributed by atoms with Crippen molar-refractivity contribution >= 4 is 17.3 Å². The normalized spacial score (nSPS) is 8.79. The van der Waals surface area contributed by atoms with Crippen molar-refractivity contribution in [3.63, 3.8) is 0 Å². The molecule has 1 aromatic carbocycles. The highest BCUT2D eigenvalue weighted by molar-refractivity contribution is 6.34. The van der Waals surface area contributed by atoms with Gasteiger partial charge in [0.15, 0.2) is 0 Å². The summed E-state index contributed by atoms with van der Waals surface area (Å²) in [6.45, 7) is 0. The van der Waals surface area contributed by atoms with Crippen LogP contribution < -0.4 is 0 Å². The van der Waals surface area contributed by atoms with Crippen LogP contribution in [0.25, 0.3) is 0 Å². The number of nitrogens with zero attached hydrogens (tertiary/aromatic N) is 3. The molecule has 0 spiro atoms. The first-order valence-electron chi connectivity index (χ1n) is 3.39. The monoisotopic (exact) mass is 207 g/mol. The zero-order valence-corrected chi connectivity index (χ0v) is 7.45. The molecule has 5 nitrogen and oxygen atoms in total. The molecule has 0 saturated carbocycles. The number of nitriles is 2. The Kier molecular flexibility index (Phi) is 2.66. The quantitative estimate of drug-likeness (QED) is 0.520. The summed E-state index contributed by atoms with van der Waals surface area (Å²) in [5.74, 6) is 0. The fourth-order valence-corrected chi connectivity index (χ4v) is 1.18. The molecule has 1 rings (SSSR count). The van der Waals surface area contributed by atoms with Crippen LogP contribution in [0.4, 0.5) is 5.69 Å². The van der Waals surface area contributed by atoms with Crippen molar-refractivity contribution in [1.29, 1.82) is 10.5 Å². The maximum atomic E-state index is 10.4. The van der Waals surface area contributed by atoms with E-state index < -0.39 is 4.92 Å². The second kappa shape index (κ2) is 3.73. The molecular formula is C8H2ClN3O2. The van der Waals surface area contributed by atoms with Gasteiger partial charge in [-0.2, -0.15) is 10.5 Å². The Morgan fingerprint density at radius 1 is 1.36 bits per heavy atom. The number of halogens is 1. The SMILES string of the molecule is N#Cc1ccc([N+](=O)[O-])c(Cl)c1C#N. The molecule has 0 unspecified atom stereocenters. The summed E-state index contributed by atoms with van der Waals surface area (Å²) >= 11 is 5.57. The first-order valence-corrected chi connectivity index (χ1v) is 3.76. The molecule has 0 atom stereocenters. The van der Waals surface area contributed by atoms with E-state index in [1.807, 2.05) is 0 Å². The minimum Gasteiger partial charge on any atom is -0.258 e. The Labute approximate surface area is 83.9 Å². The van der Waals surface area contributed by atoms with E-state index in [9.17, 15) is 10.1 Å². The molecule has 0 heterocycles. The van der Waals surface area contributed by atoms with Gasteiger partial charge >= 0.3 is 0 Å². The van der Waals surface area contributed by atoms with Crippen molar-refractivity contribution in [3.8, 4) is 12.1 Å². The highest BCUT2D eigenvalue weighted by Crippen LogP contribution is 2.29. The van der Waals surface area contributed by atoms with Crippen molar-refractivity contribution in [2.45, 2.75) is 0 Å². The van der Waals surface area contributed by atoms with Gasteiger partial charge in [-0.15, -0.1) is 0 Å². The first kappa shape index (κ1) is 9.97. The van der Waals surface area contributed by atoms with E-state index >= 15 is 0 Å². The van der Waals surface area contributed by atoms with E-state index in [1.165, 1.54) is 6.07 Å². The fraction of sp³-hybridized carbons (Fsp3) is 0. The van der Waals surface area contributed by atoms with Gasteiger partial charge in [0.05, 0.1) is 16.1 Å². The van der Waals surface area contributed by atoms with Gasteiger partial charge in [-0.25, -0.2) is 0 Å². The van der Waals surface area contributed by atoms with Crippen LogP contribution in [0, 0.1) is 32.8 Å². The zero-order chi connectivity index (χ0) is 10.7. The van der Waals surface area contributed by atoms with Gasteiger partial charge in [0.25, 0.3) is 5.69 Å². The standard InChI is InChI=1S/C8H2ClN3O2/c9-8-6(4-11)5(3-10)1-2-7(8)12(13)14/h1-2H. The fourth-order valence-electron chi connectivity index (χ4n) is 0.909. The van der Waals surface area contributed by atoms with E-state index in [4.69, 9.17) is 22.1 Å². The predicted molar refractivity (Wildman–Crippen MR) is 47.5 cm³/mol. The van der Waals surface area contributed by atoms with Crippen LogP contribution in [0.2, 0.25) is 5.02 Å². The van der Waals surface area contributed by atoms with Crippen LogP contribution in [0.1, 0.15) is 11.1 Å². The van der Waals surface area contributed by atoms with Crippen molar-refractivity contribution in [3.05, 3.63) is 38.4 Å². The molecule has 1 aromatic rings. The minimum atomic E-state index is -0.704. The molecule has 68 valence electrons. The van der Waals surface area contributed by atoms with Crippen molar-refractivity contribution in [1.82, 2.24) is 0 Å². The van der Waals surface area contributed by atoms with Gasteiger partial charge in [0, 0.05) is 6.07 Å². The Morgan fingerprint density at radius 3 is 2.43 bits per heavy atom. The molecule has 0 aromatic heterocycles. The lowest BCUT2D eigenvalue weighted by atomic mass is 10.1. The average Bonchev–Trinajstić information content (AvgIpc) is 2.16. The Hall–Kier alpha value is -2.11. The molecular weight excluding hydrogens is 206 g/mol. The second-order valence-electron chi connectivity index (χ2n) is 2.30. The highest BCUT2D eigenvalue weighted by atomic mass is 35.5. The molecule has 6 heteroatoms. The number of benzene rings is 1. The number of nitro benzene ring substituents is 1.